The first-order chi connectivity index (χ1) is 31.8. The quantitative estimate of drug-likeness (QED) is 0.0683. The van der Waals surface area contributed by atoms with Gasteiger partial charge in [-0.25, -0.2) is 0 Å². The summed E-state index contributed by atoms with van der Waals surface area (Å²) in [6.07, 6.45) is -58.5. The summed E-state index contributed by atoms with van der Waals surface area (Å²) in [6.45, 7) is -5.79. The average Bonchev–Trinajstić information content (AvgIpc) is 3.31. The molecule has 392 valence electrons. The molecule has 6 aliphatic heterocycles. The molecule has 0 amide bonds. The predicted molar refractivity (Wildman–Crippen MR) is 199 cm³/mol. The Balaban J connectivity index is 1.18. The van der Waals surface area contributed by atoms with Crippen molar-refractivity contribution in [2.24, 2.45) is 0 Å². The van der Waals surface area contributed by atoms with E-state index in [0.29, 0.717) is 0 Å². The van der Waals surface area contributed by atoms with Crippen molar-refractivity contribution in [3.05, 3.63) is 0 Å². The number of hydrogen-bond donors (Lipinski definition) is 20. The molecule has 0 aromatic rings. The third-order valence-corrected chi connectivity index (χ3v) is 12.4. The van der Waals surface area contributed by atoms with Crippen molar-refractivity contribution in [2.45, 2.75) is 184 Å². The van der Waals surface area contributed by atoms with Crippen LogP contribution in [0.4, 0.5) is 0 Å². The summed E-state index contributed by atoms with van der Waals surface area (Å²) in [4.78, 5) is 0. The van der Waals surface area contributed by atoms with Gasteiger partial charge in [-0.15, -0.1) is 0 Å². The zero-order valence-corrected chi connectivity index (χ0v) is 35.0. The van der Waals surface area contributed by atoms with Gasteiger partial charge in [0, 0.05) is 0 Å². The number of rotatable bonds is 16. The first kappa shape index (κ1) is 55.1. The van der Waals surface area contributed by atoms with E-state index >= 15 is 0 Å². The van der Waals surface area contributed by atoms with Gasteiger partial charge in [-0.1, -0.05) is 0 Å². The van der Waals surface area contributed by atoms with E-state index in [0.717, 1.165) is 0 Å². The zero-order valence-electron chi connectivity index (χ0n) is 35.0. The Labute approximate surface area is 378 Å². The van der Waals surface area contributed by atoms with Crippen LogP contribution in [0.15, 0.2) is 0 Å². The van der Waals surface area contributed by atoms with Crippen molar-refractivity contribution >= 4 is 0 Å². The van der Waals surface area contributed by atoms with E-state index < -0.39 is 224 Å². The van der Waals surface area contributed by atoms with Gasteiger partial charge >= 0.3 is 0 Å². The molecule has 6 aliphatic rings. The summed E-state index contributed by atoms with van der Waals surface area (Å²) >= 11 is 0. The van der Waals surface area contributed by atoms with Crippen LogP contribution in [0.3, 0.4) is 0 Å². The van der Waals surface area contributed by atoms with Gasteiger partial charge in [0.05, 0.1) is 39.6 Å². The molecule has 31 heteroatoms. The predicted octanol–water partition coefficient (Wildman–Crippen LogP) is -14.1. The number of ether oxygens (including phenoxy) is 11. The van der Waals surface area contributed by atoms with E-state index in [1.165, 1.54) is 0 Å². The molecule has 0 spiro atoms. The summed E-state index contributed by atoms with van der Waals surface area (Å²) in [5.74, 6) is 0. The van der Waals surface area contributed by atoms with Gasteiger partial charge in [-0.3, -0.25) is 0 Å². The Kier molecular flexibility index (Phi) is 19.4. The highest BCUT2D eigenvalue weighted by molar-refractivity contribution is 5.00. The molecule has 0 aromatic carbocycles. The fourth-order valence-electron chi connectivity index (χ4n) is 8.49. The highest BCUT2D eigenvalue weighted by Gasteiger charge is 2.58. The molecular formula is C36H62O31. The molecule has 0 aromatic heterocycles. The lowest BCUT2D eigenvalue weighted by Gasteiger charge is -2.50. The Morgan fingerprint density at radius 1 is 0.224 bits per heavy atom. The Morgan fingerprint density at radius 3 is 0.687 bits per heavy atom. The summed E-state index contributed by atoms with van der Waals surface area (Å²) in [6, 6.07) is 0. The lowest BCUT2D eigenvalue weighted by atomic mass is 9.95. The second-order valence-corrected chi connectivity index (χ2v) is 16.8. The van der Waals surface area contributed by atoms with Gasteiger partial charge in [0.15, 0.2) is 37.7 Å². The van der Waals surface area contributed by atoms with Crippen molar-refractivity contribution in [3.63, 3.8) is 0 Å². The molecule has 0 saturated carbocycles. The lowest BCUT2D eigenvalue weighted by molar-refractivity contribution is -0.398. The van der Waals surface area contributed by atoms with Crippen LogP contribution >= 0.6 is 0 Å². The first-order valence-corrected chi connectivity index (χ1v) is 21.1. The van der Waals surface area contributed by atoms with Crippen LogP contribution in [0, 0.1) is 0 Å². The van der Waals surface area contributed by atoms with Crippen molar-refractivity contribution in [1.82, 2.24) is 0 Å². The average molecular weight is 991 g/mol. The maximum absolute atomic E-state index is 11.5. The maximum Gasteiger partial charge on any atom is 0.187 e. The molecule has 6 saturated heterocycles. The summed E-state index contributed by atoms with van der Waals surface area (Å²) in [7, 11) is 0. The summed E-state index contributed by atoms with van der Waals surface area (Å²) in [5.41, 5.74) is 0. The van der Waals surface area contributed by atoms with Gasteiger partial charge in [-0.05, 0) is 0 Å². The minimum absolute atomic E-state index is 0.862. The van der Waals surface area contributed by atoms with Crippen LogP contribution in [0.1, 0.15) is 0 Å². The van der Waals surface area contributed by atoms with Crippen LogP contribution < -0.4 is 0 Å². The fourth-order valence-corrected chi connectivity index (χ4v) is 8.49. The molecule has 67 heavy (non-hydrogen) atoms. The second-order valence-electron chi connectivity index (χ2n) is 16.8. The van der Waals surface area contributed by atoms with Crippen molar-refractivity contribution in [3.8, 4) is 0 Å². The van der Waals surface area contributed by atoms with E-state index in [1.807, 2.05) is 0 Å². The molecule has 31 nitrogen and oxygen atoms in total. The van der Waals surface area contributed by atoms with Crippen LogP contribution in [0.25, 0.3) is 0 Å². The monoisotopic (exact) mass is 990 g/mol. The van der Waals surface area contributed by atoms with E-state index in [-0.39, 0.29) is 0 Å². The Morgan fingerprint density at radius 2 is 0.433 bits per heavy atom. The smallest absolute Gasteiger partial charge is 0.187 e. The highest BCUT2D eigenvalue weighted by Crippen LogP contribution is 2.37. The summed E-state index contributed by atoms with van der Waals surface area (Å²) in [5, 5.41) is 211. The van der Waals surface area contributed by atoms with Crippen LogP contribution in [-0.4, -0.2) is 326 Å². The number of aliphatic hydroxyl groups is 20. The van der Waals surface area contributed by atoms with Gasteiger partial charge in [0.2, 0.25) is 0 Å². The van der Waals surface area contributed by atoms with Crippen molar-refractivity contribution in [1.29, 1.82) is 0 Å². The highest BCUT2D eigenvalue weighted by atomic mass is 16.8. The molecule has 6 fully saturated rings. The van der Waals surface area contributed by atoms with Crippen LogP contribution in [0.2, 0.25) is 0 Å². The Hall–Kier alpha value is -1.24. The number of hydrogen-bond acceptors (Lipinski definition) is 31. The topological polar surface area (TPSA) is 506 Å². The zero-order chi connectivity index (χ0) is 49.3. The van der Waals surface area contributed by atoms with Gasteiger partial charge in [0.1, 0.15) is 146 Å². The van der Waals surface area contributed by atoms with E-state index in [9.17, 15) is 102 Å². The maximum atomic E-state index is 11.5. The molecule has 0 aliphatic carbocycles. The molecule has 0 bridgehead atoms. The third kappa shape index (κ3) is 11.2. The van der Waals surface area contributed by atoms with Crippen LogP contribution in [0.5, 0.6) is 0 Å². The molecule has 30 atom stereocenters. The van der Waals surface area contributed by atoms with Crippen molar-refractivity contribution < 1.29 is 154 Å². The normalized spacial score (nSPS) is 53.4. The minimum Gasteiger partial charge on any atom is -0.394 e. The fraction of sp³-hybridized carbons (Fsp3) is 1.00. The van der Waals surface area contributed by atoms with Gasteiger partial charge in [-0.2, -0.15) is 0 Å². The molecule has 20 N–H and O–H groups in total. The first-order valence-electron chi connectivity index (χ1n) is 21.1. The molecule has 0 radical (unpaired) electrons. The number of aliphatic hydroxyl groups excluding tert-OH is 20. The lowest BCUT2D eigenvalue weighted by Crippen LogP contribution is -2.68. The minimum atomic E-state index is -2.26. The second kappa shape index (κ2) is 23.5. The Bertz CT molecular complexity index is 1510. The molecule has 6 rings (SSSR count). The van der Waals surface area contributed by atoms with E-state index in [4.69, 9.17) is 52.1 Å². The van der Waals surface area contributed by atoms with Crippen LogP contribution in [-0.2, 0) is 52.1 Å². The van der Waals surface area contributed by atoms with E-state index in [2.05, 4.69) is 0 Å². The van der Waals surface area contributed by atoms with Crippen molar-refractivity contribution in [2.75, 3.05) is 39.6 Å². The molecular weight excluding hydrogens is 928 g/mol. The molecule has 6 heterocycles. The van der Waals surface area contributed by atoms with E-state index in [1.54, 1.807) is 0 Å². The third-order valence-electron chi connectivity index (χ3n) is 12.4. The summed E-state index contributed by atoms with van der Waals surface area (Å²) < 4.78 is 60.4. The standard InChI is InChI=1S/C36H62O31/c37-1-7-13(43)19(49)20(50)32(58-7)64-27-15(45)9(3-39)60-34(22(27)52)66-29-17(47)11(5-41)62-36(24(29)54)67-30-18(48)12(6-42)61-35(25(30)55)65-28-16(46)10(4-40)59-33(23(28)53)63-26-14(44)8(2-38)57-31(56)21(26)51/h7-56H,1-6H2/t7-,8-,9-,10-,11-,12-,13-,14-,15-,16-,17-,18-,19+,20+,21+,22+,23+,24+,25+,26+,27+,28+,29+,30+,31?,32-,33-,34-,35-,36-/m1/s1. The van der Waals surface area contributed by atoms with Gasteiger partial charge < -0.3 is 154 Å². The molecule has 1 unspecified atom stereocenters. The largest absolute Gasteiger partial charge is 0.394 e. The van der Waals surface area contributed by atoms with Gasteiger partial charge in [0.25, 0.3) is 0 Å². The SMILES string of the molecule is OC[C@H]1O[C@H](O[C@@H]2[C@H](O)[C@@H](O[C@@H]3[C@H](O)[C@@H](O[C@@H]4[C@H](O)[C@@H](O[C@@H]5[C@H](O)[C@@H](O[C@H]6[C@H](O)[C@@H](CO)OC(O)[C@H]6O)O[C@H](CO)[C@H]5O)O[C@H](CO)[C@H]4O)O[C@H](CO)[C@H]3O)O[C@H](CO)[C@H]2O)[C@@H](O)[C@@H](O)[C@@H]1O.